The van der Waals surface area contributed by atoms with Crippen LogP contribution in [0.1, 0.15) is 27.0 Å². The van der Waals surface area contributed by atoms with Gasteiger partial charge in [0.2, 0.25) is 5.76 Å². The molecular weight excluding hydrogens is 304 g/mol. The van der Waals surface area contributed by atoms with Gasteiger partial charge in [0.05, 0.1) is 12.2 Å². The number of oxazole rings is 1. The molecule has 2 aromatic rings. The van der Waals surface area contributed by atoms with Crippen LogP contribution in [0, 0.1) is 13.8 Å². The number of amides is 1. The topological polar surface area (TPSA) is 55.1 Å². The van der Waals surface area contributed by atoms with E-state index in [0.717, 1.165) is 9.35 Å². The molecule has 0 bridgehead atoms. The molecule has 2 heterocycles. The maximum atomic E-state index is 11.8. The minimum Gasteiger partial charge on any atom is -0.436 e. The van der Waals surface area contributed by atoms with E-state index in [1.807, 2.05) is 11.4 Å². The lowest BCUT2D eigenvalue weighted by atomic mass is 10.3. The highest BCUT2D eigenvalue weighted by molar-refractivity contribution is 9.10. The molecule has 0 saturated heterocycles. The lowest BCUT2D eigenvalue weighted by molar-refractivity contribution is 0.0921. The fourth-order valence-corrected chi connectivity index (χ4v) is 2.83. The molecule has 4 nitrogen and oxygen atoms in total. The minimum absolute atomic E-state index is 0.229. The highest BCUT2D eigenvalue weighted by Gasteiger charge is 2.15. The molecule has 17 heavy (non-hydrogen) atoms. The molecule has 1 N–H and O–H groups in total. The van der Waals surface area contributed by atoms with Gasteiger partial charge in [-0.15, -0.1) is 11.3 Å². The number of rotatable bonds is 3. The standard InChI is InChI=1S/C11H11BrN2O2S/c1-6-10(16-7(2)14-6)11(15)13-4-9-3-8(12)5-17-9/h3,5H,4H2,1-2H3,(H,13,15). The summed E-state index contributed by atoms with van der Waals surface area (Å²) in [6.45, 7) is 3.97. The molecule has 2 aromatic heterocycles. The van der Waals surface area contributed by atoms with Crippen LogP contribution in [-0.4, -0.2) is 10.9 Å². The molecular formula is C11H11BrN2O2S. The van der Waals surface area contributed by atoms with Crippen LogP contribution < -0.4 is 5.32 Å². The van der Waals surface area contributed by atoms with E-state index in [9.17, 15) is 4.79 Å². The van der Waals surface area contributed by atoms with E-state index in [2.05, 4.69) is 26.2 Å². The summed E-state index contributed by atoms with van der Waals surface area (Å²) in [5, 5.41) is 4.78. The van der Waals surface area contributed by atoms with Crippen molar-refractivity contribution in [1.82, 2.24) is 10.3 Å². The third-order valence-electron chi connectivity index (χ3n) is 2.15. The summed E-state index contributed by atoms with van der Waals surface area (Å²) in [4.78, 5) is 16.9. The van der Waals surface area contributed by atoms with Gasteiger partial charge in [-0.3, -0.25) is 4.79 Å². The van der Waals surface area contributed by atoms with Crippen LogP contribution in [0.3, 0.4) is 0 Å². The van der Waals surface area contributed by atoms with Crippen molar-refractivity contribution in [3.8, 4) is 0 Å². The van der Waals surface area contributed by atoms with E-state index in [1.165, 1.54) is 0 Å². The second kappa shape index (κ2) is 5.01. The molecule has 6 heteroatoms. The molecule has 0 atom stereocenters. The molecule has 0 radical (unpaired) electrons. The Bertz CT molecular complexity index is 547. The largest absolute Gasteiger partial charge is 0.436 e. The first kappa shape index (κ1) is 12.3. The summed E-state index contributed by atoms with van der Waals surface area (Å²) in [5.41, 5.74) is 0.618. The highest BCUT2D eigenvalue weighted by Crippen LogP contribution is 2.19. The molecule has 1 amide bonds. The third kappa shape index (κ3) is 2.95. The molecule has 0 unspecified atom stereocenters. The van der Waals surface area contributed by atoms with E-state index in [-0.39, 0.29) is 11.7 Å². The lowest BCUT2D eigenvalue weighted by Gasteiger charge is -2.00. The molecule has 0 aliphatic rings. The average Bonchev–Trinajstić information content (AvgIpc) is 2.81. The Morgan fingerprint density at radius 1 is 1.59 bits per heavy atom. The Hall–Kier alpha value is -1.14. The van der Waals surface area contributed by atoms with Crippen LogP contribution in [0.4, 0.5) is 0 Å². The number of hydrogen-bond acceptors (Lipinski definition) is 4. The van der Waals surface area contributed by atoms with Gasteiger partial charge >= 0.3 is 0 Å². The molecule has 0 fully saturated rings. The van der Waals surface area contributed by atoms with Crippen molar-refractivity contribution in [2.45, 2.75) is 20.4 Å². The Kier molecular flexibility index (Phi) is 3.63. The van der Waals surface area contributed by atoms with Crippen molar-refractivity contribution in [1.29, 1.82) is 0 Å². The average molecular weight is 315 g/mol. The maximum Gasteiger partial charge on any atom is 0.289 e. The molecule has 90 valence electrons. The first-order chi connectivity index (χ1) is 8.06. The summed E-state index contributed by atoms with van der Waals surface area (Å²) in [5.74, 6) is 0.567. The van der Waals surface area contributed by atoms with Crippen LogP contribution in [0.5, 0.6) is 0 Å². The Morgan fingerprint density at radius 3 is 2.88 bits per heavy atom. The quantitative estimate of drug-likeness (QED) is 0.947. The van der Waals surface area contributed by atoms with Gasteiger partial charge in [-0.05, 0) is 28.9 Å². The van der Waals surface area contributed by atoms with E-state index < -0.39 is 0 Å². The summed E-state index contributed by atoms with van der Waals surface area (Å²) in [7, 11) is 0. The zero-order valence-electron chi connectivity index (χ0n) is 9.41. The zero-order chi connectivity index (χ0) is 12.4. The maximum absolute atomic E-state index is 11.8. The van der Waals surface area contributed by atoms with Gasteiger partial charge in [0.15, 0.2) is 5.89 Å². The number of aromatic nitrogens is 1. The number of halogens is 1. The summed E-state index contributed by atoms with van der Waals surface area (Å²) < 4.78 is 6.27. The van der Waals surface area contributed by atoms with Crippen LogP contribution >= 0.6 is 27.3 Å². The SMILES string of the molecule is Cc1nc(C)c(C(=O)NCc2cc(Br)cs2)o1. The van der Waals surface area contributed by atoms with Gasteiger partial charge in [-0.2, -0.15) is 0 Å². The zero-order valence-corrected chi connectivity index (χ0v) is 11.8. The van der Waals surface area contributed by atoms with Gasteiger partial charge < -0.3 is 9.73 Å². The summed E-state index contributed by atoms with van der Waals surface area (Å²) >= 11 is 4.96. The first-order valence-corrected chi connectivity index (χ1v) is 6.68. The molecule has 0 spiro atoms. The predicted molar refractivity (Wildman–Crippen MR) is 69.2 cm³/mol. The van der Waals surface area contributed by atoms with Crippen molar-refractivity contribution >= 4 is 33.2 Å². The van der Waals surface area contributed by atoms with E-state index in [1.54, 1.807) is 25.2 Å². The first-order valence-electron chi connectivity index (χ1n) is 5.01. The Balaban J connectivity index is 2.00. The fourth-order valence-electron chi connectivity index (χ4n) is 1.44. The second-order valence-corrected chi connectivity index (χ2v) is 5.47. The van der Waals surface area contributed by atoms with Crippen LogP contribution in [-0.2, 0) is 6.54 Å². The molecule has 0 aromatic carbocycles. The van der Waals surface area contributed by atoms with Gasteiger partial charge in [-0.25, -0.2) is 4.98 Å². The number of carbonyl (C=O) groups is 1. The Morgan fingerprint density at radius 2 is 2.35 bits per heavy atom. The monoisotopic (exact) mass is 314 g/mol. The second-order valence-electron chi connectivity index (χ2n) is 3.56. The highest BCUT2D eigenvalue weighted by atomic mass is 79.9. The van der Waals surface area contributed by atoms with E-state index >= 15 is 0 Å². The van der Waals surface area contributed by atoms with E-state index in [0.29, 0.717) is 18.1 Å². The van der Waals surface area contributed by atoms with Gasteiger partial charge in [0.1, 0.15) is 0 Å². The van der Waals surface area contributed by atoms with Crippen molar-refractivity contribution < 1.29 is 9.21 Å². The number of thiophene rings is 1. The molecule has 2 rings (SSSR count). The Labute approximate surface area is 111 Å². The van der Waals surface area contributed by atoms with Crippen molar-refractivity contribution in [3.63, 3.8) is 0 Å². The number of carbonyl (C=O) groups excluding carboxylic acids is 1. The van der Waals surface area contributed by atoms with Crippen molar-refractivity contribution in [3.05, 3.63) is 38.1 Å². The summed E-state index contributed by atoms with van der Waals surface area (Å²) in [6, 6.07) is 1.98. The van der Waals surface area contributed by atoms with Gasteiger partial charge in [0.25, 0.3) is 5.91 Å². The van der Waals surface area contributed by atoms with Crippen LogP contribution in [0.25, 0.3) is 0 Å². The lowest BCUT2D eigenvalue weighted by Crippen LogP contribution is -2.22. The number of hydrogen-bond donors (Lipinski definition) is 1. The predicted octanol–water partition coefficient (Wildman–Crippen LogP) is 3.05. The minimum atomic E-state index is -0.229. The third-order valence-corrected chi connectivity index (χ3v) is 3.85. The smallest absolute Gasteiger partial charge is 0.289 e. The molecule has 0 saturated carbocycles. The van der Waals surface area contributed by atoms with Crippen molar-refractivity contribution in [2.24, 2.45) is 0 Å². The van der Waals surface area contributed by atoms with Crippen LogP contribution in [0.15, 0.2) is 20.3 Å². The fraction of sp³-hybridized carbons (Fsp3) is 0.273. The van der Waals surface area contributed by atoms with Gasteiger partial charge in [-0.1, -0.05) is 0 Å². The molecule has 0 aliphatic carbocycles. The number of aryl methyl sites for hydroxylation is 2. The summed E-state index contributed by atoms with van der Waals surface area (Å²) in [6.07, 6.45) is 0. The van der Waals surface area contributed by atoms with Crippen molar-refractivity contribution in [2.75, 3.05) is 0 Å². The molecule has 0 aliphatic heterocycles. The number of nitrogens with zero attached hydrogens (tertiary/aromatic N) is 1. The normalized spacial score (nSPS) is 10.5. The van der Waals surface area contributed by atoms with Crippen LogP contribution in [0.2, 0.25) is 0 Å². The number of nitrogens with one attached hydrogen (secondary N) is 1. The van der Waals surface area contributed by atoms with Gasteiger partial charge in [0, 0.05) is 21.7 Å². The van der Waals surface area contributed by atoms with E-state index in [4.69, 9.17) is 4.42 Å².